The van der Waals surface area contributed by atoms with Crippen molar-refractivity contribution >= 4 is 29.1 Å². The lowest BCUT2D eigenvalue weighted by Gasteiger charge is -2.35. The van der Waals surface area contributed by atoms with Crippen LogP contribution in [0.5, 0.6) is 0 Å². The maximum atomic E-state index is 12.2. The number of amides is 1. The van der Waals surface area contributed by atoms with Crippen LogP contribution in [0.1, 0.15) is 50.2 Å². The Bertz CT molecular complexity index is 525. The fraction of sp³-hybridized carbons (Fsp3) is 0.588. The zero-order chi connectivity index (χ0) is 16.9. The number of nitrogens with two attached hydrogens (primary N) is 1. The number of rotatable bonds is 6. The fourth-order valence-corrected chi connectivity index (χ4v) is 3.80. The molecule has 0 saturated heterocycles. The van der Waals surface area contributed by atoms with Gasteiger partial charge in [-0.15, -0.1) is 0 Å². The molecule has 2 rings (SSSR count). The van der Waals surface area contributed by atoms with Gasteiger partial charge >= 0.3 is 0 Å². The van der Waals surface area contributed by atoms with Crippen molar-refractivity contribution in [3.8, 4) is 0 Å². The molecule has 0 aromatic heterocycles. The van der Waals surface area contributed by atoms with Crippen molar-refractivity contribution in [2.24, 2.45) is 11.1 Å². The second-order valence-corrected chi connectivity index (χ2v) is 7.34. The number of benzene rings is 1. The van der Waals surface area contributed by atoms with Crippen LogP contribution in [0.4, 0.5) is 0 Å². The van der Waals surface area contributed by atoms with Crippen LogP contribution < -0.4 is 11.1 Å². The summed E-state index contributed by atoms with van der Waals surface area (Å²) in [5, 5.41) is 13.9. The zero-order valence-corrected chi connectivity index (χ0v) is 14.7. The van der Waals surface area contributed by atoms with Crippen molar-refractivity contribution < 1.29 is 9.90 Å². The minimum absolute atomic E-state index is 0.0653. The third-order valence-electron chi connectivity index (χ3n) is 4.65. The van der Waals surface area contributed by atoms with E-state index >= 15 is 0 Å². The first-order chi connectivity index (χ1) is 10.9. The number of carbonyl (C=O) groups is 1. The molecule has 23 heavy (non-hydrogen) atoms. The molecule has 0 aliphatic heterocycles. The Morgan fingerprint density at radius 1 is 1.22 bits per heavy atom. The number of carbonyl (C=O) groups excluding carboxylic acids is 1. The zero-order valence-electron chi connectivity index (χ0n) is 13.2. The summed E-state index contributed by atoms with van der Waals surface area (Å²) in [5.41, 5.74) is 6.42. The molecule has 1 aliphatic carbocycles. The molecule has 1 atom stereocenters. The summed E-state index contributed by atoms with van der Waals surface area (Å²) in [6.45, 7) is 0.670. The van der Waals surface area contributed by atoms with Gasteiger partial charge in [-0.25, -0.2) is 0 Å². The predicted molar refractivity (Wildman–Crippen MR) is 93.6 cm³/mol. The van der Waals surface area contributed by atoms with Crippen molar-refractivity contribution in [2.45, 2.75) is 44.6 Å². The van der Waals surface area contributed by atoms with Gasteiger partial charge in [0, 0.05) is 23.0 Å². The first kappa shape index (κ1) is 18.5. The average molecular weight is 359 g/mol. The highest BCUT2D eigenvalue weighted by Gasteiger charge is 2.32. The molecular formula is C17H24Cl2N2O2. The van der Waals surface area contributed by atoms with Crippen LogP contribution in [0.25, 0.3) is 0 Å². The van der Waals surface area contributed by atoms with Crippen molar-refractivity contribution in [3.05, 3.63) is 33.8 Å². The van der Waals surface area contributed by atoms with Crippen molar-refractivity contribution in [2.75, 3.05) is 13.1 Å². The molecule has 0 bridgehead atoms. The third-order valence-corrected chi connectivity index (χ3v) is 5.08. The van der Waals surface area contributed by atoms with Gasteiger partial charge in [-0.05, 0) is 48.6 Å². The summed E-state index contributed by atoms with van der Waals surface area (Å²) in [7, 11) is 0. The van der Waals surface area contributed by atoms with Crippen LogP contribution in [0.3, 0.4) is 0 Å². The molecule has 0 heterocycles. The first-order valence-corrected chi connectivity index (χ1v) is 8.80. The second-order valence-electron chi connectivity index (χ2n) is 6.46. The van der Waals surface area contributed by atoms with E-state index in [-0.39, 0.29) is 17.9 Å². The fourth-order valence-electron chi connectivity index (χ4n) is 3.25. The van der Waals surface area contributed by atoms with E-state index in [1.807, 2.05) is 0 Å². The number of aliphatic hydroxyl groups excluding tert-OH is 1. The number of halogens is 2. The molecular weight excluding hydrogens is 335 g/mol. The summed E-state index contributed by atoms with van der Waals surface area (Å²) < 4.78 is 0. The number of hydrogen-bond acceptors (Lipinski definition) is 3. The lowest BCUT2D eigenvalue weighted by atomic mass is 9.71. The summed E-state index contributed by atoms with van der Waals surface area (Å²) in [6.07, 6.45) is 5.08. The molecule has 128 valence electrons. The number of hydrogen-bond donors (Lipinski definition) is 3. The lowest BCUT2D eigenvalue weighted by Crippen LogP contribution is -2.39. The first-order valence-electron chi connectivity index (χ1n) is 8.05. The van der Waals surface area contributed by atoms with Crippen LogP contribution in [0.15, 0.2) is 18.2 Å². The van der Waals surface area contributed by atoms with Crippen LogP contribution in [0, 0.1) is 5.41 Å². The van der Waals surface area contributed by atoms with E-state index < -0.39 is 6.10 Å². The third kappa shape index (κ3) is 5.35. The SMILES string of the molecule is NCC1(CC(=O)NCC(O)c2cc(Cl)cc(Cl)c2)CCCCC1. The van der Waals surface area contributed by atoms with Crippen molar-refractivity contribution in [3.63, 3.8) is 0 Å². The monoisotopic (exact) mass is 358 g/mol. The molecule has 1 fully saturated rings. The molecule has 1 amide bonds. The molecule has 4 N–H and O–H groups in total. The Hall–Kier alpha value is -0.810. The van der Waals surface area contributed by atoms with Crippen molar-refractivity contribution in [1.82, 2.24) is 5.32 Å². The Kier molecular flexibility index (Phi) is 6.72. The summed E-state index contributed by atoms with van der Waals surface area (Å²) in [5.74, 6) is -0.0653. The smallest absolute Gasteiger partial charge is 0.220 e. The number of nitrogens with one attached hydrogen (secondary N) is 1. The van der Waals surface area contributed by atoms with Gasteiger partial charge in [0.05, 0.1) is 6.10 Å². The van der Waals surface area contributed by atoms with E-state index in [1.165, 1.54) is 6.42 Å². The molecule has 1 aliphatic rings. The highest BCUT2D eigenvalue weighted by Crippen LogP contribution is 2.38. The van der Waals surface area contributed by atoms with E-state index in [2.05, 4.69) is 5.32 Å². The van der Waals surface area contributed by atoms with E-state index in [1.54, 1.807) is 18.2 Å². The quantitative estimate of drug-likeness (QED) is 0.728. The lowest BCUT2D eigenvalue weighted by molar-refractivity contribution is -0.124. The van der Waals surface area contributed by atoms with Gasteiger partial charge in [0.2, 0.25) is 5.91 Å². The van der Waals surface area contributed by atoms with Gasteiger partial charge in [0.1, 0.15) is 0 Å². The van der Waals surface area contributed by atoms with Crippen LogP contribution >= 0.6 is 23.2 Å². The number of aliphatic hydroxyl groups is 1. The van der Waals surface area contributed by atoms with E-state index in [4.69, 9.17) is 28.9 Å². The summed E-state index contributed by atoms with van der Waals surface area (Å²) >= 11 is 11.9. The molecule has 1 unspecified atom stereocenters. The summed E-state index contributed by atoms with van der Waals surface area (Å²) in [4.78, 5) is 12.2. The standard InChI is InChI=1S/C17H24Cl2N2O2/c18-13-6-12(7-14(19)8-13)15(22)10-21-16(23)9-17(11-20)4-2-1-3-5-17/h6-8,15,22H,1-5,9-11,20H2,(H,21,23). The topological polar surface area (TPSA) is 75.4 Å². The van der Waals surface area contributed by atoms with Crippen LogP contribution in [-0.2, 0) is 4.79 Å². The van der Waals surface area contributed by atoms with Gasteiger partial charge in [0.25, 0.3) is 0 Å². The second kappa shape index (κ2) is 8.34. The molecule has 4 nitrogen and oxygen atoms in total. The van der Waals surface area contributed by atoms with Crippen LogP contribution in [0.2, 0.25) is 10.0 Å². The van der Waals surface area contributed by atoms with Gasteiger partial charge in [-0.1, -0.05) is 42.5 Å². The Labute approximate surface area is 147 Å². The minimum atomic E-state index is -0.838. The van der Waals surface area contributed by atoms with E-state index in [0.717, 1.165) is 25.7 Å². The molecule has 1 saturated carbocycles. The van der Waals surface area contributed by atoms with Gasteiger partial charge in [-0.2, -0.15) is 0 Å². The largest absolute Gasteiger partial charge is 0.387 e. The molecule has 0 radical (unpaired) electrons. The highest BCUT2D eigenvalue weighted by molar-refractivity contribution is 6.34. The molecule has 1 aromatic carbocycles. The Morgan fingerprint density at radius 3 is 2.39 bits per heavy atom. The van der Waals surface area contributed by atoms with Crippen LogP contribution in [-0.4, -0.2) is 24.1 Å². The minimum Gasteiger partial charge on any atom is -0.387 e. The molecule has 0 spiro atoms. The van der Waals surface area contributed by atoms with E-state index in [9.17, 15) is 9.90 Å². The van der Waals surface area contributed by atoms with Gasteiger partial charge in [0.15, 0.2) is 0 Å². The maximum Gasteiger partial charge on any atom is 0.220 e. The van der Waals surface area contributed by atoms with Gasteiger partial charge in [-0.3, -0.25) is 4.79 Å². The normalized spacial score (nSPS) is 18.4. The Morgan fingerprint density at radius 2 is 1.83 bits per heavy atom. The van der Waals surface area contributed by atoms with Gasteiger partial charge < -0.3 is 16.2 Å². The molecule has 1 aromatic rings. The Balaban J connectivity index is 1.88. The maximum absolute atomic E-state index is 12.2. The average Bonchev–Trinajstić information content (AvgIpc) is 2.52. The van der Waals surface area contributed by atoms with E-state index in [0.29, 0.717) is 28.6 Å². The summed E-state index contributed by atoms with van der Waals surface area (Å²) in [6, 6.07) is 4.89. The predicted octanol–water partition coefficient (Wildman–Crippen LogP) is 3.44. The van der Waals surface area contributed by atoms with Crippen molar-refractivity contribution in [1.29, 1.82) is 0 Å². The molecule has 6 heteroatoms. The highest BCUT2D eigenvalue weighted by atomic mass is 35.5.